The third-order valence-electron chi connectivity index (χ3n) is 10.6. The normalized spacial score (nSPS) is 19.8. The molecule has 0 aliphatic heterocycles. The number of carbonyl (C=O) groups excluding carboxylic acids is 5. The molecule has 0 saturated heterocycles. The molecule has 358 valence electrons. The summed E-state index contributed by atoms with van der Waals surface area (Å²) in [5, 5.41) is 24.3. The zero-order chi connectivity index (χ0) is 49.2. The largest absolute Gasteiger partial charge is 1.00 e. The number of carbonyl (C=O) groups is 6. The number of methoxy groups -OCH3 is 1. The molecular formula is C48H65K2N2O14P. The van der Waals surface area contributed by atoms with E-state index in [4.69, 9.17) is 48.1 Å². The van der Waals surface area contributed by atoms with Crippen LogP contribution in [0.4, 0.5) is 0 Å². The van der Waals surface area contributed by atoms with Gasteiger partial charge >= 0.3 is 132 Å². The van der Waals surface area contributed by atoms with Crippen LogP contribution in [0.2, 0.25) is 0 Å². The number of hydrogen-bond acceptors (Lipinski definition) is 13. The van der Waals surface area contributed by atoms with Gasteiger partial charge in [-0.05, 0) is 102 Å². The maximum Gasteiger partial charge on any atom is 1.00 e. The second-order valence-electron chi connectivity index (χ2n) is 15.6. The van der Waals surface area contributed by atoms with Crippen LogP contribution in [-0.2, 0) is 65.6 Å². The minimum Gasteiger partial charge on any atom is -1.00 e. The first-order valence-electron chi connectivity index (χ1n) is 21.1. The number of terminal acetylenes is 2. The summed E-state index contributed by atoms with van der Waals surface area (Å²) >= 11 is 0. The van der Waals surface area contributed by atoms with E-state index in [2.05, 4.69) is 26.3 Å². The predicted octanol–water partition coefficient (Wildman–Crippen LogP) is 0.379. The Morgan fingerprint density at radius 3 is 1.27 bits per heavy atom. The van der Waals surface area contributed by atoms with E-state index in [0.29, 0.717) is 50.7 Å². The number of nitrogens with zero attached hydrogens (tertiary/aromatic N) is 2. The third-order valence-corrected chi connectivity index (χ3v) is 12.0. The van der Waals surface area contributed by atoms with E-state index in [-0.39, 0.29) is 158 Å². The van der Waals surface area contributed by atoms with Crippen molar-refractivity contribution in [2.45, 2.75) is 97.2 Å². The zero-order valence-electron chi connectivity index (χ0n) is 41.0. The van der Waals surface area contributed by atoms with Gasteiger partial charge in [0.05, 0.1) is 30.8 Å². The minimum atomic E-state index is -2.68. The quantitative estimate of drug-likeness (QED) is 0.0264. The van der Waals surface area contributed by atoms with Crippen LogP contribution in [0.1, 0.15) is 96.5 Å². The number of carboxylic acid groups (broad SMARTS) is 1. The molecule has 0 spiro atoms. The van der Waals surface area contributed by atoms with Crippen LogP contribution in [0.25, 0.3) is 5.53 Å². The molecule has 0 amide bonds. The molecule has 0 heterocycles. The Balaban J connectivity index is -0.000000390. The Hall–Kier alpha value is -2.62. The van der Waals surface area contributed by atoms with E-state index < -0.39 is 18.9 Å². The first-order chi connectivity index (χ1) is 31.0. The van der Waals surface area contributed by atoms with Gasteiger partial charge in [-0.2, -0.15) is 4.79 Å². The van der Waals surface area contributed by atoms with Crippen molar-refractivity contribution in [1.29, 1.82) is 0 Å². The number of aliphatic hydroxyl groups is 1. The maximum absolute atomic E-state index is 11.9. The summed E-state index contributed by atoms with van der Waals surface area (Å²) < 4.78 is 26.4. The molecular weight excluding hydrogens is 938 g/mol. The summed E-state index contributed by atoms with van der Waals surface area (Å²) in [6.07, 6.45) is 20.4. The van der Waals surface area contributed by atoms with E-state index in [1.807, 2.05) is 60.7 Å². The fourth-order valence-corrected chi connectivity index (χ4v) is 7.96. The number of hydrogen-bond donors (Lipinski definition) is 2. The van der Waals surface area contributed by atoms with Gasteiger partial charge in [0.1, 0.15) is 13.2 Å². The average Bonchev–Trinajstić information content (AvgIpc) is 3.33. The number of Topliss-reactive ketones (excluding diaryl/α,β-unsaturated/α-hetero) is 1. The Labute approximate surface area is 482 Å². The van der Waals surface area contributed by atoms with Crippen LogP contribution < -0.4 is 108 Å². The van der Waals surface area contributed by atoms with Crippen LogP contribution in [0.3, 0.4) is 0 Å². The van der Waals surface area contributed by atoms with E-state index in [9.17, 15) is 28.5 Å². The predicted molar refractivity (Wildman–Crippen MR) is 241 cm³/mol. The second kappa shape index (κ2) is 41.2. The van der Waals surface area contributed by atoms with Gasteiger partial charge in [0.15, 0.2) is 7.14 Å². The van der Waals surface area contributed by atoms with Crippen molar-refractivity contribution >= 4 is 48.7 Å². The molecule has 0 radical (unpaired) electrons. The molecule has 0 unspecified atom stereocenters. The molecule has 3 aliphatic carbocycles. The molecule has 67 heavy (non-hydrogen) atoms. The van der Waals surface area contributed by atoms with Crippen molar-refractivity contribution in [3.8, 4) is 24.7 Å². The summed E-state index contributed by atoms with van der Waals surface area (Å²) in [7, 11) is -0.241. The number of aliphatic carboxylic acids is 1. The molecule has 3 saturated carbocycles. The van der Waals surface area contributed by atoms with Gasteiger partial charge in [-0.15, -0.1) is 24.7 Å². The smallest absolute Gasteiger partial charge is 1.00 e. The second-order valence-corrected chi connectivity index (χ2v) is 18.7. The van der Waals surface area contributed by atoms with Gasteiger partial charge in [-0.3, -0.25) is 28.8 Å². The van der Waals surface area contributed by atoms with Crippen LogP contribution in [0, 0.1) is 60.2 Å². The fraction of sp³-hybridized carbons (Fsp3) is 0.521. The monoisotopic (exact) mass is 1000 g/mol. The van der Waals surface area contributed by atoms with Gasteiger partial charge in [0.2, 0.25) is 5.78 Å². The van der Waals surface area contributed by atoms with Crippen molar-refractivity contribution in [2.75, 3.05) is 27.5 Å². The van der Waals surface area contributed by atoms with Crippen LogP contribution in [-0.4, -0.2) is 84.1 Å². The molecule has 19 heteroatoms. The molecule has 16 nitrogen and oxygen atoms in total. The number of esters is 3. The SMILES string of the molecule is C#CC1CCC(C(=O)OC)CC1.C#CC1CCC(C(=O)OCc2ccccc2)CC1.CC(=O)C(=[N+]=[N-])P(C)(C)=O.CO.O=C(O)C1CCC(C(=O)OCc2ccccc2)CC1.O=CO[O-].[H-].[K+].[K+]. The van der Waals surface area contributed by atoms with Crippen molar-refractivity contribution in [1.82, 2.24) is 0 Å². The maximum atomic E-state index is 11.9. The number of ether oxygens (including phenoxy) is 3. The van der Waals surface area contributed by atoms with Gasteiger partial charge < -0.3 is 46.1 Å². The van der Waals surface area contributed by atoms with E-state index >= 15 is 0 Å². The molecule has 3 aliphatic rings. The standard InChI is InChI=1S/C16H18O2.C15H18O4.C10H14O2.C5H9N2O2P.CH2O3.CH4O.2K.H/c1-2-13-8-10-15(11-9-13)16(17)18-12-14-6-4-3-5-7-14;16-14(17)12-6-8-13(9-7-12)15(18)19-10-11-4-2-1-3-5-11;1-3-8-4-6-9(7-5-8)10(11)12-2;1-4(8)5(7-6)10(2,3)9;2-1-4-3;1-2;;;/h1,3-7,13,15H,8-12H2;1-5,12-13H,6-10H2,(H,16,17);1,8-9H,4-7H2,2H3;1-3H3;1,3H;2H,1H3;;;/q;;;;;;2*+1;-1/p-1. The van der Waals surface area contributed by atoms with Crippen LogP contribution in [0.15, 0.2) is 60.7 Å². The van der Waals surface area contributed by atoms with Gasteiger partial charge in [0.25, 0.3) is 6.47 Å². The van der Waals surface area contributed by atoms with E-state index in [1.54, 1.807) is 0 Å². The van der Waals surface area contributed by atoms with Crippen LogP contribution in [0.5, 0.6) is 0 Å². The summed E-state index contributed by atoms with van der Waals surface area (Å²) in [6, 6.07) is 19.3. The molecule has 0 bridgehead atoms. The van der Waals surface area contributed by atoms with Gasteiger partial charge in [0, 0.05) is 25.9 Å². The summed E-state index contributed by atoms with van der Waals surface area (Å²) in [5.74, 6) is 4.38. The first-order valence-corrected chi connectivity index (χ1v) is 23.7. The van der Waals surface area contributed by atoms with Crippen molar-refractivity contribution in [3.63, 3.8) is 0 Å². The Morgan fingerprint density at radius 2 is 1.03 bits per heavy atom. The van der Waals surface area contributed by atoms with Gasteiger partial charge in [-0.1, -0.05) is 60.7 Å². The number of rotatable bonds is 11. The molecule has 0 atom stereocenters. The third kappa shape index (κ3) is 30.6. The number of benzene rings is 2. The zero-order valence-corrected chi connectivity index (χ0v) is 47.1. The number of aliphatic hydroxyl groups excluding tert-OH is 1. The van der Waals surface area contributed by atoms with Gasteiger partial charge in [-0.25, -0.2) is 0 Å². The molecule has 5 rings (SSSR count). The van der Waals surface area contributed by atoms with Crippen molar-refractivity contribution < 1.29 is 177 Å². The Kier molecular flexibility index (Phi) is 42.2. The molecule has 2 N–H and O–H groups in total. The summed E-state index contributed by atoms with van der Waals surface area (Å²) in [6.45, 7) is 4.45. The summed E-state index contributed by atoms with van der Waals surface area (Å²) in [5.41, 5.74) is 10.00. The average molecular weight is 1000 g/mol. The number of ketones is 1. The van der Waals surface area contributed by atoms with Crippen molar-refractivity contribution in [2.24, 2.45) is 35.5 Å². The molecule has 0 aromatic heterocycles. The molecule has 2 aromatic rings. The topological polar surface area (TPSA) is 256 Å². The Morgan fingerprint density at radius 1 is 0.716 bits per heavy atom. The number of carboxylic acids is 1. The van der Waals surface area contributed by atoms with E-state index in [1.165, 1.54) is 27.4 Å². The van der Waals surface area contributed by atoms with Crippen LogP contribution >= 0.6 is 7.14 Å². The molecule has 3 fully saturated rings. The summed E-state index contributed by atoms with van der Waals surface area (Å²) in [4.78, 5) is 70.2. The molecule has 2 aromatic carbocycles. The fourth-order valence-electron chi connectivity index (χ4n) is 6.98. The first kappa shape index (κ1) is 68.6. The van der Waals surface area contributed by atoms with E-state index in [0.717, 1.165) is 69.6 Å². The minimum absolute atomic E-state index is 0. The van der Waals surface area contributed by atoms with Crippen molar-refractivity contribution in [3.05, 3.63) is 77.3 Å². The Bertz CT molecular complexity index is 1930.